The summed E-state index contributed by atoms with van der Waals surface area (Å²) >= 11 is 0. The molecule has 6 heteroatoms. The first kappa shape index (κ1) is 11.8. The van der Waals surface area contributed by atoms with Crippen LogP contribution in [0.5, 0.6) is 0 Å². The molecule has 0 amide bonds. The van der Waals surface area contributed by atoms with Gasteiger partial charge in [0.1, 0.15) is 5.52 Å². The van der Waals surface area contributed by atoms with Gasteiger partial charge in [0.2, 0.25) is 0 Å². The summed E-state index contributed by atoms with van der Waals surface area (Å²) in [7, 11) is 0. The molecule has 1 N–H and O–H groups in total. The molecule has 1 unspecified atom stereocenters. The van der Waals surface area contributed by atoms with E-state index in [0.29, 0.717) is 6.04 Å². The summed E-state index contributed by atoms with van der Waals surface area (Å²) < 4.78 is 1.91. The van der Waals surface area contributed by atoms with Gasteiger partial charge in [-0.05, 0) is 37.5 Å². The third kappa shape index (κ3) is 1.87. The predicted octanol–water partition coefficient (Wildman–Crippen LogP) is 1.54. The van der Waals surface area contributed by atoms with Gasteiger partial charge in [-0.15, -0.1) is 5.10 Å². The Morgan fingerprint density at radius 1 is 1.25 bits per heavy atom. The summed E-state index contributed by atoms with van der Waals surface area (Å²) in [6.07, 6.45) is 3.69. The molecule has 1 aromatic heterocycles. The van der Waals surface area contributed by atoms with Crippen molar-refractivity contribution in [1.29, 1.82) is 0 Å². The minimum absolute atomic E-state index is 0.290. The molecule has 4 rings (SSSR count). The van der Waals surface area contributed by atoms with E-state index in [-0.39, 0.29) is 5.56 Å². The zero-order valence-corrected chi connectivity index (χ0v) is 11.1. The van der Waals surface area contributed by atoms with Gasteiger partial charge in [-0.1, -0.05) is 5.21 Å². The first-order valence-corrected chi connectivity index (χ1v) is 7.04. The number of hydrogen-bond acceptors (Lipinski definition) is 4. The Balaban J connectivity index is 1.68. The summed E-state index contributed by atoms with van der Waals surface area (Å²) in [5, 5.41) is 17.5. The Morgan fingerprint density at radius 2 is 2.10 bits per heavy atom. The minimum atomic E-state index is -0.911. The van der Waals surface area contributed by atoms with Gasteiger partial charge >= 0.3 is 5.97 Å². The number of likely N-dealkylation sites (tertiary alicyclic amines) is 1. The summed E-state index contributed by atoms with van der Waals surface area (Å²) in [6, 6.07) is 6.07. The monoisotopic (exact) mass is 272 g/mol. The van der Waals surface area contributed by atoms with Crippen LogP contribution in [0, 0.1) is 0 Å². The fourth-order valence-corrected chi connectivity index (χ4v) is 3.08. The van der Waals surface area contributed by atoms with Gasteiger partial charge in [0.05, 0.1) is 17.1 Å². The molecule has 20 heavy (non-hydrogen) atoms. The number of rotatable bonds is 3. The highest BCUT2D eigenvalue weighted by atomic mass is 16.4. The van der Waals surface area contributed by atoms with Crippen molar-refractivity contribution in [2.24, 2.45) is 0 Å². The number of aromatic carboxylic acids is 1. The molecule has 1 saturated heterocycles. The highest BCUT2D eigenvalue weighted by Gasteiger charge is 2.35. The molecule has 1 saturated carbocycles. The van der Waals surface area contributed by atoms with Crippen LogP contribution in [0.15, 0.2) is 18.2 Å². The second-order valence-electron chi connectivity index (χ2n) is 5.71. The van der Waals surface area contributed by atoms with Crippen molar-refractivity contribution < 1.29 is 9.90 Å². The van der Waals surface area contributed by atoms with Crippen molar-refractivity contribution >= 4 is 17.0 Å². The lowest BCUT2D eigenvalue weighted by Crippen LogP contribution is -2.24. The van der Waals surface area contributed by atoms with Crippen LogP contribution in [0.1, 0.15) is 35.7 Å². The van der Waals surface area contributed by atoms with Crippen LogP contribution in [0.25, 0.3) is 11.0 Å². The van der Waals surface area contributed by atoms with Crippen LogP contribution in [0.3, 0.4) is 0 Å². The van der Waals surface area contributed by atoms with Crippen molar-refractivity contribution in [3.63, 3.8) is 0 Å². The Labute approximate surface area is 116 Å². The van der Waals surface area contributed by atoms with E-state index in [0.717, 1.165) is 36.6 Å². The fourth-order valence-electron chi connectivity index (χ4n) is 3.08. The quantitative estimate of drug-likeness (QED) is 0.917. The Kier molecular flexibility index (Phi) is 2.53. The highest BCUT2D eigenvalue weighted by molar-refractivity contribution is 5.92. The SMILES string of the molecule is O=C(O)c1ccc2nnn(C3CCN(C4CC4)C3)c2c1. The lowest BCUT2D eigenvalue weighted by atomic mass is 10.2. The number of aromatic nitrogens is 3. The van der Waals surface area contributed by atoms with E-state index in [1.54, 1.807) is 18.2 Å². The van der Waals surface area contributed by atoms with Gasteiger partial charge in [-0.25, -0.2) is 9.48 Å². The topological polar surface area (TPSA) is 71.2 Å². The van der Waals surface area contributed by atoms with Crippen molar-refractivity contribution in [3.8, 4) is 0 Å². The fraction of sp³-hybridized carbons (Fsp3) is 0.500. The predicted molar refractivity (Wildman–Crippen MR) is 72.7 cm³/mol. The second-order valence-corrected chi connectivity index (χ2v) is 5.71. The molecule has 1 aliphatic carbocycles. The van der Waals surface area contributed by atoms with E-state index >= 15 is 0 Å². The van der Waals surface area contributed by atoms with Crippen LogP contribution in [-0.2, 0) is 0 Å². The van der Waals surface area contributed by atoms with E-state index in [9.17, 15) is 4.79 Å². The van der Waals surface area contributed by atoms with Crippen molar-refractivity contribution in [3.05, 3.63) is 23.8 Å². The van der Waals surface area contributed by atoms with Gasteiger partial charge in [0.25, 0.3) is 0 Å². The average molecular weight is 272 g/mol. The molecule has 2 aliphatic rings. The van der Waals surface area contributed by atoms with E-state index in [1.165, 1.54) is 12.8 Å². The van der Waals surface area contributed by atoms with Gasteiger partial charge in [-0.3, -0.25) is 4.90 Å². The molecule has 0 bridgehead atoms. The number of carbonyl (C=O) groups is 1. The number of carboxylic acids is 1. The van der Waals surface area contributed by atoms with Crippen LogP contribution in [0.4, 0.5) is 0 Å². The normalized spacial score (nSPS) is 23.5. The van der Waals surface area contributed by atoms with Crippen molar-refractivity contribution in [2.75, 3.05) is 13.1 Å². The summed E-state index contributed by atoms with van der Waals surface area (Å²) in [6.45, 7) is 2.11. The molecular weight excluding hydrogens is 256 g/mol. The average Bonchev–Trinajstić information content (AvgIpc) is 3.03. The number of nitrogens with zero attached hydrogens (tertiary/aromatic N) is 4. The first-order valence-electron chi connectivity index (χ1n) is 7.04. The van der Waals surface area contributed by atoms with Gasteiger partial charge in [-0.2, -0.15) is 0 Å². The van der Waals surface area contributed by atoms with Crippen molar-refractivity contribution in [1.82, 2.24) is 19.9 Å². The number of benzene rings is 1. The Morgan fingerprint density at radius 3 is 2.85 bits per heavy atom. The summed E-state index contributed by atoms with van der Waals surface area (Å²) in [5.74, 6) is -0.911. The maximum Gasteiger partial charge on any atom is 0.335 e. The number of fused-ring (bicyclic) bond motifs is 1. The molecule has 1 aliphatic heterocycles. The molecule has 2 fully saturated rings. The smallest absolute Gasteiger partial charge is 0.335 e. The highest BCUT2D eigenvalue weighted by Crippen LogP contribution is 2.34. The molecule has 6 nitrogen and oxygen atoms in total. The molecule has 1 aromatic carbocycles. The van der Waals surface area contributed by atoms with Crippen LogP contribution in [-0.4, -0.2) is 50.1 Å². The van der Waals surface area contributed by atoms with Gasteiger partial charge in [0.15, 0.2) is 0 Å². The second kappa shape index (κ2) is 4.28. The number of carboxylic acid groups (broad SMARTS) is 1. The molecule has 0 spiro atoms. The summed E-state index contributed by atoms with van der Waals surface area (Å²) in [4.78, 5) is 13.6. The zero-order chi connectivity index (χ0) is 13.7. The van der Waals surface area contributed by atoms with Crippen LogP contribution < -0.4 is 0 Å². The standard InChI is InChI=1S/C14H16N4O2/c19-14(20)9-1-4-12-13(7-9)18(16-15-12)11-5-6-17(8-11)10-2-3-10/h1,4,7,10-11H,2-3,5-6,8H2,(H,19,20). The van der Waals surface area contributed by atoms with Crippen LogP contribution in [0.2, 0.25) is 0 Å². The van der Waals surface area contributed by atoms with Crippen molar-refractivity contribution in [2.45, 2.75) is 31.3 Å². The van der Waals surface area contributed by atoms with Gasteiger partial charge in [0, 0.05) is 19.1 Å². The van der Waals surface area contributed by atoms with E-state index in [4.69, 9.17) is 5.11 Å². The first-order chi connectivity index (χ1) is 9.72. The van der Waals surface area contributed by atoms with E-state index in [2.05, 4.69) is 15.2 Å². The van der Waals surface area contributed by atoms with Gasteiger partial charge < -0.3 is 5.11 Å². The number of hydrogen-bond donors (Lipinski definition) is 1. The van der Waals surface area contributed by atoms with Crippen LogP contribution >= 0.6 is 0 Å². The third-order valence-electron chi connectivity index (χ3n) is 4.32. The maximum atomic E-state index is 11.1. The molecular formula is C14H16N4O2. The summed E-state index contributed by atoms with van der Waals surface area (Å²) in [5.41, 5.74) is 1.88. The molecule has 0 radical (unpaired) electrons. The lowest BCUT2D eigenvalue weighted by Gasteiger charge is -2.15. The molecule has 1 atom stereocenters. The maximum absolute atomic E-state index is 11.1. The third-order valence-corrected chi connectivity index (χ3v) is 4.32. The molecule has 104 valence electrons. The molecule has 2 aromatic rings. The Bertz CT molecular complexity index is 677. The minimum Gasteiger partial charge on any atom is -0.478 e. The largest absolute Gasteiger partial charge is 0.478 e. The lowest BCUT2D eigenvalue weighted by molar-refractivity contribution is 0.0697. The zero-order valence-electron chi connectivity index (χ0n) is 11.1. The van der Waals surface area contributed by atoms with E-state index in [1.807, 2.05) is 4.68 Å². The molecule has 2 heterocycles. The van der Waals surface area contributed by atoms with E-state index < -0.39 is 5.97 Å². The Hall–Kier alpha value is -1.95.